The standard InChI is InChI=1S/C32H29F2N3O5S/c1-40-28-18-23-25(19-29(28)41-15-3-2-4-16-43)35-14-11-26(23)42-27-10-9-22(17-24(27)34)37-31(39)32(12-13-32)30(38)36-21-7-5-20(33)6-8-21/h2-3,5-11,14,17-19,43H,4,12-13,15-16H2,1H3,(H,36,38)(H,37,39)/b3-2+. The van der Waals surface area contributed by atoms with E-state index in [0.29, 0.717) is 53.3 Å². The summed E-state index contributed by atoms with van der Waals surface area (Å²) in [4.78, 5) is 30.2. The molecule has 0 atom stereocenters. The Kier molecular flexibility index (Phi) is 9.10. The number of nitrogens with one attached hydrogen (secondary N) is 2. The average molecular weight is 606 g/mol. The zero-order chi connectivity index (χ0) is 30.4. The predicted molar refractivity (Wildman–Crippen MR) is 163 cm³/mol. The number of halogens is 2. The Balaban J connectivity index is 1.28. The molecule has 5 rings (SSSR count). The summed E-state index contributed by atoms with van der Waals surface area (Å²) in [5.74, 6) is -0.235. The molecule has 0 spiro atoms. The fraction of sp³-hybridized carbons (Fsp3) is 0.219. The molecule has 0 aliphatic heterocycles. The van der Waals surface area contributed by atoms with Gasteiger partial charge in [-0.15, -0.1) is 0 Å². The number of anilines is 2. The molecule has 1 heterocycles. The number of allylic oxidation sites excluding steroid dienone is 1. The molecule has 2 N–H and O–H groups in total. The van der Waals surface area contributed by atoms with Crippen molar-refractivity contribution in [1.29, 1.82) is 0 Å². The number of pyridine rings is 1. The molecule has 0 bridgehead atoms. The highest BCUT2D eigenvalue weighted by molar-refractivity contribution is 7.80. The maximum absolute atomic E-state index is 15.2. The molecule has 1 fully saturated rings. The largest absolute Gasteiger partial charge is 0.493 e. The first kappa shape index (κ1) is 29.8. The minimum Gasteiger partial charge on any atom is -0.493 e. The van der Waals surface area contributed by atoms with Gasteiger partial charge in [-0.25, -0.2) is 8.78 Å². The van der Waals surface area contributed by atoms with E-state index in [2.05, 4.69) is 28.2 Å². The van der Waals surface area contributed by atoms with Crippen LogP contribution in [0.2, 0.25) is 0 Å². The molecular weight excluding hydrogens is 576 g/mol. The monoisotopic (exact) mass is 605 g/mol. The van der Waals surface area contributed by atoms with Crippen LogP contribution in [0, 0.1) is 17.0 Å². The van der Waals surface area contributed by atoms with Crippen molar-refractivity contribution in [3.63, 3.8) is 0 Å². The zero-order valence-corrected chi connectivity index (χ0v) is 24.1. The Morgan fingerprint density at radius 2 is 1.63 bits per heavy atom. The summed E-state index contributed by atoms with van der Waals surface area (Å²) in [6.07, 6.45) is 6.94. The summed E-state index contributed by atoms with van der Waals surface area (Å²) in [6, 6.07) is 14.3. The van der Waals surface area contributed by atoms with Gasteiger partial charge in [0.2, 0.25) is 11.8 Å². The van der Waals surface area contributed by atoms with Crippen LogP contribution < -0.4 is 24.8 Å². The number of ether oxygens (including phenoxy) is 3. The fourth-order valence-electron chi connectivity index (χ4n) is 4.38. The van der Waals surface area contributed by atoms with Gasteiger partial charge in [0, 0.05) is 35.1 Å². The van der Waals surface area contributed by atoms with Crippen molar-refractivity contribution in [2.45, 2.75) is 19.3 Å². The third-order valence-corrected chi connectivity index (χ3v) is 7.17. The molecule has 43 heavy (non-hydrogen) atoms. The van der Waals surface area contributed by atoms with Gasteiger partial charge in [-0.3, -0.25) is 14.6 Å². The molecule has 222 valence electrons. The van der Waals surface area contributed by atoms with Crippen LogP contribution in [0.3, 0.4) is 0 Å². The van der Waals surface area contributed by atoms with Gasteiger partial charge in [-0.1, -0.05) is 12.2 Å². The molecule has 2 amide bonds. The van der Waals surface area contributed by atoms with Crippen molar-refractivity contribution >= 4 is 46.7 Å². The molecule has 4 aromatic rings. The van der Waals surface area contributed by atoms with Crippen LogP contribution in [0.5, 0.6) is 23.0 Å². The van der Waals surface area contributed by atoms with Gasteiger partial charge in [0.05, 0.1) is 12.6 Å². The second kappa shape index (κ2) is 13.1. The SMILES string of the molecule is COc1cc2c(Oc3ccc(NC(=O)C4(C(=O)Nc5ccc(F)cc5)CC4)cc3F)ccnc2cc1OC/C=C/CCS. The van der Waals surface area contributed by atoms with Gasteiger partial charge < -0.3 is 24.8 Å². The highest BCUT2D eigenvalue weighted by atomic mass is 32.1. The van der Waals surface area contributed by atoms with Gasteiger partial charge in [0.25, 0.3) is 0 Å². The molecule has 3 aromatic carbocycles. The quantitative estimate of drug-likeness (QED) is 0.0921. The molecule has 0 radical (unpaired) electrons. The summed E-state index contributed by atoms with van der Waals surface area (Å²) < 4.78 is 45.6. The molecule has 1 saturated carbocycles. The maximum atomic E-state index is 15.2. The second-order valence-electron chi connectivity index (χ2n) is 9.87. The zero-order valence-electron chi connectivity index (χ0n) is 23.2. The van der Waals surface area contributed by atoms with Crippen molar-refractivity contribution in [1.82, 2.24) is 4.98 Å². The normalized spacial score (nSPS) is 13.5. The lowest BCUT2D eigenvalue weighted by Crippen LogP contribution is -2.35. The van der Waals surface area contributed by atoms with Crippen LogP contribution in [0.25, 0.3) is 10.9 Å². The first-order valence-electron chi connectivity index (χ1n) is 13.5. The lowest BCUT2D eigenvalue weighted by atomic mass is 10.0. The van der Waals surface area contributed by atoms with E-state index in [-0.39, 0.29) is 11.4 Å². The molecule has 1 aliphatic rings. The molecule has 0 saturated heterocycles. The van der Waals surface area contributed by atoms with Crippen LogP contribution in [0.4, 0.5) is 20.2 Å². The molecule has 8 nitrogen and oxygen atoms in total. The minimum atomic E-state index is -1.28. The van der Waals surface area contributed by atoms with Gasteiger partial charge in [0.1, 0.15) is 23.6 Å². The van der Waals surface area contributed by atoms with Crippen molar-refractivity contribution in [3.05, 3.63) is 90.6 Å². The molecule has 0 unspecified atom stereocenters. The fourth-order valence-corrected chi connectivity index (χ4v) is 4.53. The van der Waals surface area contributed by atoms with E-state index in [1.54, 1.807) is 24.4 Å². The molecule has 1 aromatic heterocycles. The minimum absolute atomic E-state index is 0.0747. The van der Waals surface area contributed by atoms with Crippen LogP contribution in [0.1, 0.15) is 19.3 Å². The summed E-state index contributed by atoms with van der Waals surface area (Å²) in [5, 5.41) is 5.85. The van der Waals surface area contributed by atoms with E-state index in [1.165, 1.54) is 43.5 Å². The Morgan fingerprint density at radius 3 is 2.30 bits per heavy atom. The number of hydrogen-bond donors (Lipinski definition) is 3. The van der Waals surface area contributed by atoms with E-state index in [4.69, 9.17) is 14.2 Å². The third kappa shape index (κ3) is 6.89. The van der Waals surface area contributed by atoms with Crippen LogP contribution in [-0.4, -0.2) is 36.3 Å². The van der Waals surface area contributed by atoms with Crippen LogP contribution in [-0.2, 0) is 9.59 Å². The van der Waals surface area contributed by atoms with Crippen molar-refractivity contribution in [2.24, 2.45) is 5.41 Å². The molecule has 11 heteroatoms. The lowest BCUT2D eigenvalue weighted by molar-refractivity contribution is -0.131. The van der Waals surface area contributed by atoms with E-state index in [0.717, 1.165) is 18.2 Å². The van der Waals surface area contributed by atoms with E-state index < -0.39 is 28.9 Å². The van der Waals surface area contributed by atoms with E-state index >= 15 is 4.39 Å². The Hall–Kier alpha value is -4.64. The summed E-state index contributed by atoms with van der Waals surface area (Å²) >= 11 is 4.18. The number of rotatable bonds is 12. The summed E-state index contributed by atoms with van der Waals surface area (Å²) in [5.41, 5.74) is -0.173. The number of aromatic nitrogens is 1. The molecular formula is C32H29F2N3O5S. The maximum Gasteiger partial charge on any atom is 0.240 e. The third-order valence-electron chi connectivity index (χ3n) is 6.92. The summed E-state index contributed by atoms with van der Waals surface area (Å²) in [7, 11) is 1.52. The van der Waals surface area contributed by atoms with Crippen molar-refractivity contribution in [2.75, 3.05) is 30.1 Å². The number of methoxy groups -OCH3 is 1. The second-order valence-corrected chi connectivity index (χ2v) is 10.3. The Bertz CT molecular complexity index is 1680. The van der Waals surface area contributed by atoms with Gasteiger partial charge in [0.15, 0.2) is 23.1 Å². The van der Waals surface area contributed by atoms with Crippen molar-refractivity contribution in [3.8, 4) is 23.0 Å². The number of carbonyl (C=O) groups is 2. The number of hydrogen-bond acceptors (Lipinski definition) is 7. The van der Waals surface area contributed by atoms with E-state index in [9.17, 15) is 14.0 Å². The molecule has 1 aliphatic carbocycles. The average Bonchev–Trinajstić information content (AvgIpc) is 3.82. The van der Waals surface area contributed by atoms with Crippen LogP contribution in [0.15, 0.2) is 79.0 Å². The predicted octanol–water partition coefficient (Wildman–Crippen LogP) is 6.93. The topological polar surface area (TPSA) is 98.8 Å². The lowest BCUT2D eigenvalue weighted by Gasteiger charge is -2.16. The van der Waals surface area contributed by atoms with Gasteiger partial charge in [-0.05, 0) is 73.5 Å². The van der Waals surface area contributed by atoms with Crippen molar-refractivity contribution < 1.29 is 32.6 Å². The Morgan fingerprint density at radius 1 is 0.907 bits per heavy atom. The van der Waals surface area contributed by atoms with Crippen LogP contribution >= 0.6 is 12.6 Å². The number of amides is 2. The number of thiol groups is 1. The Labute approximate surface area is 252 Å². The van der Waals surface area contributed by atoms with Gasteiger partial charge in [-0.2, -0.15) is 12.6 Å². The smallest absolute Gasteiger partial charge is 0.240 e. The first-order valence-corrected chi connectivity index (χ1v) is 14.2. The summed E-state index contributed by atoms with van der Waals surface area (Å²) in [6.45, 7) is 0.347. The highest BCUT2D eigenvalue weighted by Crippen LogP contribution is 2.47. The number of fused-ring (bicyclic) bond motifs is 1. The first-order chi connectivity index (χ1) is 20.8. The van der Waals surface area contributed by atoms with Gasteiger partial charge >= 0.3 is 0 Å². The number of benzene rings is 3. The number of nitrogens with zero attached hydrogens (tertiary/aromatic N) is 1. The highest BCUT2D eigenvalue weighted by Gasteiger charge is 2.56. The number of carbonyl (C=O) groups excluding carboxylic acids is 2. The van der Waals surface area contributed by atoms with E-state index in [1.807, 2.05) is 12.2 Å².